The van der Waals surface area contributed by atoms with Crippen LogP contribution in [0.1, 0.15) is 33.6 Å². The lowest BCUT2D eigenvalue weighted by Crippen LogP contribution is -2.48. The van der Waals surface area contributed by atoms with E-state index in [1.165, 1.54) is 24.3 Å². The second kappa shape index (κ2) is 5.20. The van der Waals surface area contributed by atoms with Crippen molar-refractivity contribution < 1.29 is 19.5 Å². The summed E-state index contributed by atoms with van der Waals surface area (Å²) < 4.78 is 0. The number of aromatic carboxylic acids is 1. The maximum Gasteiger partial charge on any atom is 0.335 e. The molecule has 1 aromatic carbocycles. The maximum absolute atomic E-state index is 12.6. The molecule has 2 atom stereocenters. The monoisotopic (exact) mass is 288 g/mol. The van der Waals surface area contributed by atoms with E-state index < -0.39 is 5.97 Å². The first kappa shape index (κ1) is 13.6. The summed E-state index contributed by atoms with van der Waals surface area (Å²) >= 11 is 0. The molecule has 2 fully saturated rings. The number of rotatable bonds is 2. The molecule has 0 radical (unpaired) electrons. The Morgan fingerprint density at radius 3 is 2.52 bits per heavy atom. The average Bonchev–Trinajstić information content (AvgIpc) is 2.88. The first-order valence-corrected chi connectivity index (χ1v) is 7.00. The van der Waals surface area contributed by atoms with Gasteiger partial charge in [0.15, 0.2) is 0 Å². The number of carboxylic acids is 1. The predicted octanol–water partition coefficient (Wildman–Crippen LogP) is 0.735. The summed E-state index contributed by atoms with van der Waals surface area (Å²) in [7, 11) is 0. The molecule has 21 heavy (non-hydrogen) atoms. The lowest BCUT2D eigenvalue weighted by Gasteiger charge is -2.36. The van der Waals surface area contributed by atoms with Gasteiger partial charge in [-0.05, 0) is 37.1 Å². The molecule has 2 unspecified atom stereocenters. The van der Waals surface area contributed by atoms with E-state index >= 15 is 0 Å². The zero-order chi connectivity index (χ0) is 15.0. The Hall–Kier alpha value is -2.37. The third-order valence-electron chi connectivity index (χ3n) is 4.24. The highest BCUT2D eigenvalue weighted by atomic mass is 16.4. The topological polar surface area (TPSA) is 86.7 Å². The molecule has 1 aromatic rings. The highest BCUT2D eigenvalue weighted by Crippen LogP contribution is 2.28. The van der Waals surface area contributed by atoms with Crippen LogP contribution in [0.3, 0.4) is 0 Å². The number of likely N-dealkylation sites (tertiary alicyclic amines) is 1. The van der Waals surface area contributed by atoms with Gasteiger partial charge in [0, 0.05) is 18.7 Å². The molecule has 3 rings (SSSR count). The normalized spacial score (nSPS) is 24.4. The van der Waals surface area contributed by atoms with Crippen molar-refractivity contribution in [2.24, 2.45) is 5.92 Å². The third kappa shape index (κ3) is 2.37. The number of carboxylic acid groups (broad SMARTS) is 1. The fourth-order valence-electron chi connectivity index (χ4n) is 3.12. The number of benzene rings is 1. The molecular formula is C15H16N2O4. The fraction of sp³-hybridized carbons (Fsp3) is 0.400. The largest absolute Gasteiger partial charge is 0.478 e. The number of nitrogens with one attached hydrogen (secondary N) is 1. The van der Waals surface area contributed by atoms with Crippen LogP contribution in [0.5, 0.6) is 0 Å². The number of fused-ring (bicyclic) bond motifs is 1. The van der Waals surface area contributed by atoms with E-state index in [0.29, 0.717) is 18.7 Å². The summed E-state index contributed by atoms with van der Waals surface area (Å²) in [6.45, 7) is 1.14. The Labute approximate surface area is 121 Å². The zero-order valence-electron chi connectivity index (χ0n) is 11.4. The highest BCUT2D eigenvalue weighted by Gasteiger charge is 2.42. The molecule has 6 heteroatoms. The van der Waals surface area contributed by atoms with E-state index in [2.05, 4.69) is 5.32 Å². The minimum atomic E-state index is -1.02. The average molecular weight is 288 g/mol. The van der Waals surface area contributed by atoms with Crippen LogP contribution in [0.25, 0.3) is 0 Å². The number of amides is 2. The molecule has 2 amide bonds. The van der Waals surface area contributed by atoms with E-state index in [1.54, 1.807) is 4.90 Å². The molecule has 0 aromatic heterocycles. The molecule has 2 aliphatic heterocycles. The van der Waals surface area contributed by atoms with Gasteiger partial charge in [-0.15, -0.1) is 0 Å². The van der Waals surface area contributed by atoms with Gasteiger partial charge in [0.1, 0.15) is 0 Å². The lowest BCUT2D eigenvalue weighted by molar-refractivity contribution is -0.123. The molecule has 0 spiro atoms. The quantitative estimate of drug-likeness (QED) is 0.840. The zero-order valence-corrected chi connectivity index (χ0v) is 11.4. The molecule has 0 aliphatic carbocycles. The molecule has 6 nitrogen and oxygen atoms in total. The van der Waals surface area contributed by atoms with Crippen LogP contribution in [0.4, 0.5) is 0 Å². The standard InChI is InChI=1S/C15H16N2O4/c18-13-11-2-1-7-17(12(11)8-16-13)14(19)9-3-5-10(6-4-9)15(20)21/h3-6,11-12H,1-2,7-8H2,(H,16,18)(H,20,21). The highest BCUT2D eigenvalue weighted by molar-refractivity contribution is 5.97. The van der Waals surface area contributed by atoms with Crippen LogP contribution in [0, 0.1) is 5.92 Å². The number of hydrogen-bond acceptors (Lipinski definition) is 3. The van der Waals surface area contributed by atoms with Crippen LogP contribution in [0.2, 0.25) is 0 Å². The van der Waals surface area contributed by atoms with Crippen molar-refractivity contribution in [1.29, 1.82) is 0 Å². The molecule has 0 bridgehead atoms. The van der Waals surface area contributed by atoms with Gasteiger partial charge < -0.3 is 15.3 Å². The van der Waals surface area contributed by atoms with Gasteiger partial charge in [0.2, 0.25) is 5.91 Å². The molecule has 2 aliphatic rings. The molecular weight excluding hydrogens is 272 g/mol. The summed E-state index contributed by atoms with van der Waals surface area (Å²) in [5, 5.41) is 11.7. The van der Waals surface area contributed by atoms with Gasteiger partial charge in [-0.2, -0.15) is 0 Å². The van der Waals surface area contributed by atoms with Crippen molar-refractivity contribution in [2.45, 2.75) is 18.9 Å². The smallest absolute Gasteiger partial charge is 0.335 e. The number of piperidine rings is 1. The summed E-state index contributed by atoms with van der Waals surface area (Å²) in [5.41, 5.74) is 0.612. The number of nitrogens with zero attached hydrogens (tertiary/aromatic N) is 1. The van der Waals surface area contributed by atoms with Crippen molar-refractivity contribution in [3.05, 3.63) is 35.4 Å². The van der Waals surface area contributed by atoms with Crippen molar-refractivity contribution in [2.75, 3.05) is 13.1 Å². The van der Waals surface area contributed by atoms with Gasteiger partial charge in [-0.3, -0.25) is 9.59 Å². The van der Waals surface area contributed by atoms with Gasteiger partial charge in [-0.1, -0.05) is 0 Å². The first-order valence-electron chi connectivity index (χ1n) is 7.00. The van der Waals surface area contributed by atoms with E-state index in [-0.39, 0.29) is 29.3 Å². The molecule has 2 saturated heterocycles. The van der Waals surface area contributed by atoms with Crippen molar-refractivity contribution >= 4 is 17.8 Å². The third-order valence-corrected chi connectivity index (χ3v) is 4.24. The Kier molecular flexibility index (Phi) is 3.37. The SMILES string of the molecule is O=C(O)c1ccc(C(=O)N2CCCC3C(=O)NCC32)cc1. The Balaban J connectivity index is 1.81. The summed E-state index contributed by atoms with van der Waals surface area (Å²) in [4.78, 5) is 36.9. The Morgan fingerprint density at radius 1 is 1.19 bits per heavy atom. The summed E-state index contributed by atoms with van der Waals surface area (Å²) in [6, 6.07) is 5.82. The maximum atomic E-state index is 12.6. The molecule has 110 valence electrons. The minimum Gasteiger partial charge on any atom is -0.478 e. The lowest BCUT2D eigenvalue weighted by atomic mass is 9.91. The van der Waals surface area contributed by atoms with Crippen molar-refractivity contribution in [1.82, 2.24) is 10.2 Å². The van der Waals surface area contributed by atoms with Crippen molar-refractivity contribution in [3.8, 4) is 0 Å². The molecule has 0 saturated carbocycles. The Morgan fingerprint density at radius 2 is 1.86 bits per heavy atom. The second-order valence-corrected chi connectivity index (χ2v) is 5.44. The van der Waals surface area contributed by atoms with E-state index in [1.807, 2.05) is 0 Å². The van der Waals surface area contributed by atoms with Crippen LogP contribution in [-0.2, 0) is 4.79 Å². The van der Waals surface area contributed by atoms with Crippen LogP contribution in [-0.4, -0.2) is 46.9 Å². The summed E-state index contributed by atoms with van der Waals surface area (Å²) in [6.07, 6.45) is 1.63. The van der Waals surface area contributed by atoms with Gasteiger partial charge >= 0.3 is 5.97 Å². The van der Waals surface area contributed by atoms with Gasteiger partial charge in [-0.25, -0.2) is 4.79 Å². The van der Waals surface area contributed by atoms with Crippen LogP contribution >= 0.6 is 0 Å². The van der Waals surface area contributed by atoms with Gasteiger partial charge in [0.05, 0.1) is 17.5 Å². The Bertz CT molecular complexity index is 596. The second-order valence-electron chi connectivity index (χ2n) is 5.44. The van der Waals surface area contributed by atoms with E-state index in [0.717, 1.165) is 12.8 Å². The number of carbonyl (C=O) groups is 3. The summed E-state index contributed by atoms with van der Waals surface area (Å²) in [5.74, 6) is -1.24. The van der Waals surface area contributed by atoms with Crippen LogP contribution in [0.15, 0.2) is 24.3 Å². The van der Waals surface area contributed by atoms with E-state index in [4.69, 9.17) is 5.11 Å². The molecule has 2 heterocycles. The molecule has 2 N–H and O–H groups in total. The van der Waals surface area contributed by atoms with Crippen molar-refractivity contribution in [3.63, 3.8) is 0 Å². The number of carbonyl (C=O) groups excluding carboxylic acids is 2. The van der Waals surface area contributed by atoms with E-state index in [9.17, 15) is 14.4 Å². The number of hydrogen-bond donors (Lipinski definition) is 2. The predicted molar refractivity (Wildman–Crippen MR) is 74.0 cm³/mol. The fourth-order valence-corrected chi connectivity index (χ4v) is 3.12. The van der Waals surface area contributed by atoms with Crippen LogP contribution < -0.4 is 5.32 Å². The minimum absolute atomic E-state index is 0.0266. The first-order chi connectivity index (χ1) is 10.1. The van der Waals surface area contributed by atoms with Gasteiger partial charge in [0.25, 0.3) is 5.91 Å².